The van der Waals surface area contributed by atoms with E-state index in [4.69, 9.17) is 0 Å². The van der Waals surface area contributed by atoms with Gasteiger partial charge in [-0.1, -0.05) is 13.3 Å². The van der Waals surface area contributed by atoms with Gasteiger partial charge >= 0.3 is 0 Å². The van der Waals surface area contributed by atoms with Crippen LogP contribution in [0.1, 0.15) is 32.6 Å². The van der Waals surface area contributed by atoms with E-state index < -0.39 is 0 Å². The van der Waals surface area contributed by atoms with Crippen molar-refractivity contribution in [3.63, 3.8) is 0 Å². The lowest BCUT2D eigenvalue weighted by atomic mass is 9.81. The molecule has 66 valence electrons. The molecule has 11 heavy (non-hydrogen) atoms. The topological polar surface area (TPSA) is 32.3 Å². The van der Waals surface area contributed by atoms with Crippen molar-refractivity contribution in [3.05, 3.63) is 0 Å². The second-order valence-electron chi connectivity index (χ2n) is 3.61. The second-order valence-corrected chi connectivity index (χ2v) is 3.61. The van der Waals surface area contributed by atoms with Gasteiger partial charge < -0.3 is 10.4 Å². The van der Waals surface area contributed by atoms with Crippen molar-refractivity contribution in [2.45, 2.75) is 38.6 Å². The summed E-state index contributed by atoms with van der Waals surface area (Å²) in [5.41, 5.74) is 0.189. The van der Waals surface area contributed by atoms with E-state index in [0.717, 1.165) is 6.42 Å². The van der Waals surface area contributed by atoms with E-state index in [2.05, 4.69) is 12.2 Å². The summed E-state index contributed by atoms with van der Waals surface area (Å²) >= 11 is 0. The summed E-state index contributed by atoms with van der Waals surface area (Å²) < 4.78 is 0. The molecule has 0 bridgehead atoms. The molecule has 0 saturated heterocycles. The van der Waals surface area contributed by atoms with Crippen molar-refractivity contribution in [2.75, 3.05) is 13.7 Å². The van der Waals surface area contributed by atoms with Gasteiger partial charge in [0.15, 0.2) is 0 Å². The summed E-state index contributed by atoms with van der Waals surface area (Å²) in [6, 6.07) is 0.539. The summed E-state index contributed by atoms with van der Waals surface area (Å²) in [7, 11) is 2.00. The van der Waals surface area contributed by atoms with Gasteiger partial charge in [0.1, 0.15) is 0 Å². The number of aliphatic hydroxyl groups excluding tert-OH is 1. The molecule has 1 aliphatic carbocycles. The molecule has 1 rings (SSSR count). The molecular formula is C9H19NO. The Morgan fingerprint density at radius 1 is 1.64 bits per heavy atom. The average molecular weight is 157 g/mol. The minimum absolute atomic E-state index is 0.189. The van der Waals surface area contributed by atoms with Crippen LogP contribution in [0.2, 0.25) is 0 Å². The fourth-order valence-electron chi connectivity index (χ4n) is 2.31. The first kappa shape index (κ1) is 9.01. The van der Waals surface area contributed by atoms with Crippen molar-refractivity contribution >= 4 is 0 Å². The Labute approximate surface area is 69.0 Å². The lowest BCUT2D eigenvalue weighted by Gasteiger charge is -2.32. The number of hydrogen-bond donors (Lipinski definition) is 2. The highest BCUT2D eigenvalue weighted by molar-refractivity contribution is 4.94. The predicted octanol–water partition coefficient (Wildman–Crippen LogP) is 1.15. The molecule has 0 amide bonds. The highest BCUT2D eigenvalue weighted by Gasteiger charge is 2.39. The van der Waals surface area contributed by atoms with Crippen molar-refractivity contribution in [2.24, 2.45) is 5.41 Å². The van der Waals surface area contributed by atoms with Crippen LogP contribution in [0.5, 0.6) is 0 Å². The third-order valence-electron chi connectivity index (χ3n) is 3.27. The van der Waals surface area contributed by atoms with Crippen molar-refractivity contribution in [1.82, 2.24) is 5.32 Å². The van der Waals surface area contributed by atoms with E-state index in [1.165, 1.54) is 19.3 Å². The first-order valence-corrected chi connectivity index (χ1v) is 4.57. The standard InChI is InChI=1S/C9H19NO/c1-3-9(7-11)6-4-5-8(9)10-2/h8,10-11H,3-7H2,1-2H3. The quantitative estimate of drug-likeness (QED) is 0.644. The first-order chi connectivity index (χ1) is 5.29. The Morgan fingerprint density at radius 3 is 2.73 bits per heavy atom. The summed E-state index contributed by atoms with van der Waals surface area (Å²) in [5.74, 6) is 0. The number of hydrogen-bond acceptors (Lipinski definition) is 2. The maximum Gasteiger partial charge on any atom is 0.0502 e. The first-order valence-electron chi connectivity index (χ1n) is 4.57. The molecule has 2 N–H and O–H groups in total. The molecule has 0 heterocycles. The maximum atomic E-state index is 9.28. The van der Waals surface area contributed by atoms with Gasteiger partial charge in [0, 0.05) is 11.5 Å². The van der Waals surface area contributed by atoms with Crippen molar-refractivity contribution in [1.29, 1.82) is 0 Å². The molecule has 1 fully saturated rings. The molecule has 1 saturated carbocycles. The highest BCUT2D eigenvalue weighted by atomic mass is 16.3. The average Bonchev–Trinajstić information content (AvgIpc) is 2.47. The van der Waals surface area contributed by atoms with E-state index in [1.54, 1.807) is 0 Å². The Kier molecular flexibility index (Phi) is 2.90. The van der Waals surface area contributed by atoms with E-state index in [9.17, 15) is 5.11 Å². The van der Waals surface area contributed by atoms with Crippen LogP contribution >= 0.6 is 0 Å². The van der Waals surface area contributed by atoms with Crippen LogP contribution in [0.3, 0.4) is 0 Å². The van der Waals surface area contributed by atoms with Crippen LogP contribution < -0.4 is 5.32 Å². The van der Waals surface area contributed by atoms with Crippen LogP contribution in [0.4, 0.5) is 0 Å². The van der Waals surface area contributed by atoms with E-state index in [-0.39, 0.29) is 5.41 Å². The molecule has 1 aliphatic rings. The highest BCUT2D eigenvalue weighted by Crippen LogP contribution is 2.40. The fraction of sp³-hybridized carbons (Fsp3) is 1.00. The van der Waals surface area contributed by atoms with Gasteiger partial charge in [0.25, 0.3) is 0 Å². The molecule has 0 aromatic rings. The number of nitrogens with one attached hydrogen (secondary N) is 1. The smallest absolute Gasteiger partial charge is 0.0502 e. The molecule has 0 spiro atoms. The molecular weight excluding hydrogens is 138 g/mol. The van der Waals surface area contributed by atoms with Crippen molar-refractivity contribution in [3.8, 4) is 0 Å². The van der Waals surface area contributed by atoms with Crippen LogP contribution in [0.25, 0.3) is 0 Å². The van der Waals surface area contributed by atoms with Gasteiger partial charge in [0.2, 0.25) is 0 Å². The van der Waals surface area contributed by atoms with Crippen LogP contribution in [0, 0.1) is 5.41 Å². The van der Waals surface area contributed by atoms with Gasteiger partial charge in [-0.25, -0.2) is 0 Å². The minimum Gasteiger partial charge on any atom is -0.396 e. The Balaban J connectivity index is 2.63. The molecule has 0 radical (unpaired) electrons. The predicted molar refractivity (Wildman–Crippen MR) is 46.5 cm³/mol. The van der Waals surface area contributed by atoms with Crippen LogP contribution in [0.15, 0.2) is 0 Å². The van der Waals surface area contributed by atoms with E-state index in [0.29, 0.717) is 12.6 Å². The number of rotatable bonds is 3. The third kappa shape index (κ3) is 1.42. The maximum absolute atomic E-state index is 9.28. The zero-order chi connectivity index (χ0) is 8.32. The summed E-state index contributed by atoms with van der Waals surface area (Å²) in [6.45, 7) is 2.51. The molecule has 2 atom stereocenters. The normalized spacial score (nSPS) is 37.9. The molecule has 0 aromatic heterocycles. The molecule has 0 aromatic carbocycles. The lowest BCUT2D eigenvalue weighted by Crippen LogP contribution is -2.41. The van der Waals surface area contributed by atoms with Gasteiger partial charge in [-0.05, 0) is 26.3 Å². The summed E-state index contributed by atoms with van der Waals surface area (Å²) in [4.78, 5) is 0. The van der Waals surface area contributed by atoms with Gasteiger partial charge in [-0.2, -0.15) is 0 Å². The molecule has 0 aliphatic heterocycles. The van der Waals surface area contributed by atoms with Crippen LogP contribution in [-0.4, -0.2) is 24.8 Å². The van der Waals surface area contributed by atoms with E-state index >= 15 is 0 Å². The third-order valence-corrected chi connectivity index (χ3v) is 3.27. The second kappa shape index (κ2) is 3.55. The van der Waals surface area contributed by atoms with E-state index in [1.807, 2.05) is 7.05 Å². The van der Waals surface area contributed by atoms with Crippen LogP contribution in [-0.2, 0) is 0 Å². The number of aliphatic hydroxyl groups is 1. The minimum atomic E-state index is 0.189. The Bertz CT molecular complexity index is 121. The monoisotopic (exact) mass is 157 g/mol. The molecule has 2 nitrogen and oxygen atoms in total. The van der Waals surface area contributed by atoms with Gasteiger partial charge in [-0.3, -0.25) is 0 Å². The van der Waals surface area contributed by atoms with Gasteiger partial charge in [-0.15, -0.1) is 0 Å². The van der Waals surface area contributed by atoms with Gasteiger partial charge in [0.05, 0.1) is 6.61 Å². The molecule has 2 heteroatoms. The molecule has 2 unspecified atom stereocenters. The van der Waals surface area contributed by atoms with Crippen molar-refractivity contribution < 1.29 is 5.11 Å². The zero-order valence-electron chi connectivity index (χ0n) is 7.56. The zero-order valence-corrected chi connectivity index (χ0v) is 7.56. The fourth-order valence-corrected chi connectivity index (χ4v) is 2.31. The summed E-state index contributed by atoms with van der Waals surface area (Å²) in [5, 5.41) is 12.6. The summed E-state index contributed by atoms with van der Waals surface area (Å²) in [6.07, 6.45) is 4.77. The largest absolute Gasteiger partial charge is 0.396 e. The Hall–Kier alpha value is -0.0800. The Morgan fingerprint density at radius 2 is 2.36 bits per heavy atom. The lowest BCUT2D eigenvalue weighted by molar-refractivity contribution is 0.0995. The SMILES string of the molecule is CCC1(CO)CCCC1NC.